The minimum Gasteiger partial charge on any atom is -0.379 e. The molecule has 0 aromatic carbocycles. The number of alkyl halides is 3. The molecule has 16 heavy (non-hydrogen) atoms. The Labute approximate surface area is 89.5 Å². The fraction of sp³-hybridized carbons (Fsp3) is 0.750. The first-order valence-electron chi connectivity index (χ1n) is 4.81. The molecule has 0 aliphatic carbocycles. The fourth-order valence-electron chi connectivity index (χ4n) is 1.71. The number of rotatable bonds is 1. The van der Waals surface area contributed by atoms with Crippen molar-refractivity contribution in [1.29, 1.82) is 0 Å². The van der Waals surface area contributed by atoms with E-state index in [1.807, 2.05) is 0 Å². The van der Waals surface area contributed by atoms with Crippen molar-refractivity contribution in [3.63, 3.8) is 0 Å². The Bertz CT molecular complexity index is 387. The Morgan fingerprint density at radius 2 is 2.00 bits per heavy atom. The third-order valence-electron chi connectivity index (χ3n) is 2.56. The van der Waals surface area contributed by atoms with Crippen LogP contribution in [-0.2, 0) is 19.3 Å². The number of nitrogens with zero attached hydrogens (tertiary/aromatic N) is 4. The highest BCUT2D eigenvalue weighted by Gasteiger charge is 2.39. The van der Waals surface area contributed by atoms with Crippen LogP contribution in [0, 0.1) is 0 Å². The first kappa shape index (κ1) is 11.3. The molecule has 0 bridgehead atoms. The molecular formula is C8H11F3N4O. The van der Waals surface area contributed by atoms with E-state index in [-0.39, 0.29) is 18.9 Å². The number of halogens is 3. The molecule has 0 amide bonds. The lowest BCUT2D eigenvalue weighted by Crippen LogP contribution is -2.40. The van der Waals surface area contributed by atoms with Gasteiger partial charge in [-0.05, 0) is 6.92 Å². The molecule has 2 rings (SSSR count). The third-order valence-corrected chi connectivity index (χ3v) is 2.56. The molecule has 1 atom stereocenters. The maximum atomic E-state index is 12.5. The van der Waals surface area contributed by atoms with E-state index in [9.17, 15) is 18.3 Å². The molecule has 0 fully saturated rings. The number of fused-ring (bicyclic) bond motifs is 1. The summed E-state index contributed by atoms with van der Waals surface area (Å²) < 4.78 is 38.5. The minimum atomic E-state index is -4.47. The van der Waals surface area contributed by atoms with Crippen molar-refractivity contribution in [3.8, 4) is 0 Å². The molecule has 0 saturated carbocycles. The van der Waals surface area contributed by atoms with Crippen LogP contribution in [0.5, 0.6) is 0 Å². The highest BCUT2D eigenvalue weighted by molar-refractivity contribution is 5.02. The fourth-order valence-corrected chi connectivity index (χ4v) is 1.71. The lowest BCUT2D eigenvalue weighted by Gasteiger charge is -2.29. The number of aliphatic hydroxyl groups is 1. The summed E-state index contributed by atoms with van der Waals surface area (Å²) in [5.41, 5.74) is 0. The maximum absolute atomic E-state index is 12.5. The topological polar surface area (TPSA) is 54.2 Å². The van der Waals surface area contributed by atoms with Gasteiger partial charge in [0.05, 0.1) is 6.54 Å². The van der Waals surface area contributed by atoms with Crippen molar-refractivity contribution in [3.05, 3.63) is 11.6 Å². The van der Waals surface area contributed by atoms with Crippen LogP contribution in [0.15, 0.2) is 0 Å². The smallest absolute Gasteiger partial charge is 0.379 e. The second-order valence-electron chi connectivity index (χ2n) is 3.69. The molecule has 1 aliphatic rings. The van der Waals surface area contributed by atoms with E-state index in [0.717, 1.165) is 4.57 Å². The van der Waals surface area contributed by atoms with Gasteiger partial charge in [-0.3, -0.25) is 4.90 Å². The summed E-state index contributed by atoms with van der Waals surface area (Å²) in [5.74, 6) is -0.729. The Morgan fingerprint density at radius 3 is 2.56 bits per heavy atom. The Morgan fingerprint density at radius 1 is 1.31 bits per heavy atom. The van der Waals surface area contributed by atoms with Crippen LogP contribution in [0.1, 0.15) is 18.6 Å². The number of aliphatic hydroxyl groups excluding tert-OH is 1. The Hall–Kier alpha value is -1.15. The Balaban J connectivity index is 2.27. The maximum Gasteiger partial charge on any atom is 0.451 e. The molecule has 1 aromatic rings. The van der Waals surface area contributed by atoms with E-state index in [0.29, 0.717) is 6.54 Å². The molecule has 1 unspecified atom stereocenters. The second kappa shape index (κ2) is 3.70. The van der Waals surface area contributed by atoms with Gasteiger partial charge in [-0.2, -0.15) is 13.2 Å². The average Bonchev–Trinajstić information content (AvgIpc) is 2.58. The quantitative estimate of drug-likeness (QED) is 0.769. The van der Waals surface area contributed by atoms with E-state index in [4.69, 9.17) is 0 Å². The SMILES string of the molecule is CC(O)N1CCn2c(nnc2C(F)(F)F)C1. The molecule has 5 nitrogen and oxygen atoms in total. The molecule has 0 saturated heterocycles. The number of aromatic nitrogens is 3. The highest BCUT2D eigenvalue weighted by Crippen LogP contribution is 2.29. The zero-order valence-corrected chi connectivity index (χ0v) is 8.57. The van der Waals surface area contributed by atoms with Crippen LogP contribution in [0.4, 0.5) is 13.2 Å². The predicted molar refractivity (Wildman–Crippen MR) is 47.1 cm³/mol. The van der Waals surface area contributed by atoms with Gasteiger partial charge in [0.2, 0.25) is 5.82 Å². The van der Waals surface area contributed by atoms with Gasteiger partial charge in [0.25, 0.3) is 0 Å². The number of hydrogen-bond acceptors (Lipinski definition) is 4. The van der Waals surface area contributed by atoms with Crippen LogP contribution in [0.2, 0.25) is 0 Å². The van der Waals surface area contributed by atoms with Gasteiger partial charge < -0.3 is 9.67 Å². The largest absolute Gasteiger partial charge is 0.451 e. The van der Waals surface area contributed by atoms with E-state index in [1.165, 1.54) is 0 Å². The van der Waals surface area contributed by atoms with E-state index in [2.05, 4.69) is 10.2 Å². The molecule has 8 heteroatoms. The van der Waals surface area contributed by atoms with Gasteiger partial charge in [-0.1, -0.05) is 0 Å². The van der Waals surface area contributed by atoms with Crippen molar-refractivity contribution in [1.82, 2.24) is 19.7 Å². The molecule has 0 radical (unpaired) electrons. The lowest BCUT2D eigenvalue weighted by molar-refractivity contribution is -0.148. The van der Waals surface area contributed by atoms with Crippen LogP contribution < -0.4 is 0 Å². The molecule has 90 valence electrons. The van der Waals surface area contributed by atoms with Crippen molar-refractivity contribution < 1.29 is 18.3 Å². The zero-order valence-electron chi connectivity index (χ0n) is 8.57. The van der Waals surface area contributed by atoms with Gasteiger partial charge in [0.15, 0.2) is 0 Å². The normalized spacial score (nSPS) is 19.6. The first-order valence-corrected chi connectivity index (χ1v) is 4.81. The zero-order chi connectivity index (χ0) is 11.9. The van der Waals surface area contributed by atoms with E-state index in [1.54, 1.807) is 11.8 Å². The van der Waals surface area contributed by atoms with E-state index >= 15 is 0 Å². The standard InChI is InChI=1S/C8H11F3N4O/c1-5(16)14-2-3-15-6(4-14)12-13-7(15)8(9,10)11/h5,16H,2-4H2,1H3. The van der Waals surface area contributed by atoms with Crippen LogP contribution in [0.3, 0.4) is 0 Å². The molecule has 1 N–H and O–H groups in total. The summed E-state index contributed by atoms with van der Waals surface area (Å²) in [7, 11) is 0. The van der Waals surface area contributed by atoms with Crippen molar-refractivity contribution in [2.45, 2.75) is 32.4 Å². The van der Waals surface area contributed by atoms with Gasteiger partial charge in [-0.15, -0.1) is 10.2 Å². The minimum absolute atomic E-state index is 0.141. The summed E-state index contributed by atoms with van der Waals surface area (Å²) in [6.07, 6.45) is -5.17. The highest BCUT2D eigenvalue weighted by atomic mass is 19.4. The van der Waals surface area contributed by atoms with Crippen LogP contribution in [-0.4, -0.2) is 37.5 Å². The average molecular weight is 236 g/mol. The molecule has 0 spiro atoms. The van der Waals surface area contributed by atoms with Crippen molar-refractivity contribution in [2.75, 3.05) is 6.54 Å². The second-order valence-corrected chi connectivity index (χ2v) is 3.69. The van der Waals surface area contributed by atoms with Gasteiger partial charge >= 0.3 is 6.18 Å². The summed E-state index contributed by atoms with van der Waals surface area (Å²) in [4.78, 5) is 1.63. The first-order chi connectivity index (χ1) is 7.39. The monoisotopic (exact) mass is 236 g/mol. The summed E-state index contributed by atoms with van der Waals surface area (Å²) >= 11 is 0. The van der Waals surface area contributed by atoms with E-state index < -0.39 is 18.2 Å². The van der Waals surface area contributed by atoms with Crippen molar-refractivity contribution in [2.24, 2.45) is 0 Å². The summed E-state index contributed by atoms with van der Waals surface area (Å²) in [6, 6.07) is 0. The lowest BCUT2D eigenvalue weighted by atomic mass is 10.3. The van der Waals surface area contributed by atoms with Crippen molar-refractivity contribution >= 4 is 0 Å². The van der Waals surface area contributed by atoms with Gasteiger partial charge in [-0.25, -0.2) is 0 Å². The van der Waals surface area contributed by atoms with Gasteiger partial charge in [0, 0.05) is 13.1 Å². The third kappa shape index (κ3) is 1.90. The van der Waals surface area contributed by atoms with Crippen LogP contribution in [0.25, 0.3) is 0 Å². The molecule has 1 aromatic heterocycles. The summed E-state index contributed by atoms with van der Waals surface area (Å²) in [6.45, 7) is 2.24. The number of hydrogen-bond donors (Lipinski definition) is 1. The molecular weight excluding hydrogens is 225 g/mol. The molecule has 1 aliphatic heterocycles. The summed E-state index contributed by atoms with van der Waals surface area (Å²) in [5, 5.41) is 16.0. The predicted octanol–water partition coefficient (Wildman–Crippen LogP) is 0.451. The Kier molecular flexibility index (Phi) is 2.62. The van der Waals surface area contributed by atoms with Crippen LogP contribution >= 0.6 is 0 Å². The van der Waals surface area contributed by atoms with Gasteiger partial charge in [0.1, 0.15) is 12.1 Å². The molecule has 2 heterocycles.